The zero-order valence-electron chi connectivity index (χ0n) is 12.2. The Bertz CT molecular complexity index is 441. The molecule has 1 fully saturated rings. The predicted octanol–water partition coefficient (Wildman–Crippen LogP) is 4.40. The summed E-state index contributed by atoms with van der Waals surface area (Å²) >= 11 is 0. The molecule has 2 nitrogen and oxygen atoms in total. The molecule has 0 aromatic heterocycles. The van der Waals surface area contributed by atoms with Crippen LogP contribution in [0.3, 0.4) is 0 Å². The van der Waals surface area contributed by atoms with E-state index in [4.69, 9.17) is 4.74 Å². The molecule has 0 heterocycles. The summed E-state index contributed by atoms with van der Waals surface area (Å²) in [5, 5.41) is 3.44. The van der Waals surface area contributed by atoms with Crippen molar-refractivity contribution in [3.05, 3.63) is 29.8 Å². The highest BCUT2D eigenvalue weighted by molar-refractivity contribution is 5.30. The van der Waals surface area contributed by atoms with Gasteiger partial charge in [0.25, 0.3) is 0 Å². The molecule has 118 valence electrons. The number of halogens is 3. The Morgan fingerprint density at radius 2 is 1.95 bits per heavy atom. The van der Waals surface area contributed by atoms with Gasteiger partial charge in [0.15, 0.2) is 0 Å². The molecule has 2 rings (SSSR count). The number of alkyl halides is 3. The van der Waals surface area contributed by atoms with Crippen molar-refractivity contribution in [3.63, 3.8) is 0 Å². The van der Waals surface area contributed by atoms with Crippen LogP contribution in [0.4, 0.5) is 13.2 Å². The first-order chi connectivity index (χ1) is 9.95. The van der Waals surface area contributed by atoms with E-state index in [2.05, 4.69) is 5.32 Å². The van der Waals surface area contributed by atoms with Crippen LogP contribution < -0.4 is 10.1 Å². The van der Waals surface area contributed by atoms with E-state index in [1.165, 1.54) is 38.2 Å². The van der Waals surface area contributed by atoms with E-state index in [0.29, 0.717) is 12.6 Å². The first-order valence-corrected chi connectivity index (χ1v) is 7.52. The molecule has 1 saturated carbocycles. The number of benzene rings is 1. The van der Waals surface area contributed by atoms with Crippen molar-refractivity contribution in [2.24, 2.45) is 0 Å². The van der Waals surface area contributed by atoms with E-state index in [1.54, 1.807) is 6.07 Å². The Balaban J connectivity index is 1.83. The maximum Gasteiger partial charge on any atom is 0.416 e. The summed E-state index contributed by atoms with van der Waals surface area (Å²) in [5.41, 5.74) is -0.674. The smallest absolute Gasteiger partial charge is 0.416 e. The molecule has 1 aromatic carbocycles. The average Bonchev–Trinajstić information content (AvgIpc) is 2.46. The van der Waals surface area contributed by atoms with Gasteiger partial charge in [-0.3, -0.25) is 0 Å². The monoisotopic (exact) mass is 301 g/mol. The van der Waals surface area contributed by atoms with Gasteiger partial charge >= 0.3 is 6.18 Å². The number of hydrogen-bond donors (Lipinski definition) is 1. The molecule has 21 heavy (non-hydrogen) atoms. The minimum atomic E-state index is -4.33. The minimum absolute atomic E-state index is 0.157. The first-order valence-electron chi connectivity index (χ1n) is 7.52. The van der Waals surface area contributed by atoms with Crippen LogP contribution in [0.15, 0.2) is 24.3 Å². The number of ether oxygens (including phenoxy) is 1. The fourth-order valence-corrected chi connectivity index (χ4v) is 2.66. The Morgan fingerprint density at radius 1 is 1.24 bits per heavy atom. The van der Waals surface area contributed by atoms with E-state index in [-0.39, 0.29) is 11.9 Å². The van der Waals surface area contributed by atoms with Crippen molar-refractivity contribution in [1.29, 1.82) is 0 Å². The topological polar surface area (TPSA) is 21.3 Å². The van der Waals surface area contributed by atoms with E-state index >= 15 is 0 Å². The molecular formula is C16H22F3NO. The maximum atomic E-state index is 12.6. The predicted molar refractivity (Wildman–Crippen MR) is 76.4 cm³/mol. The SMILES string of the molecule is CC(CNC1CCCCC1)Oc1cccc(C(F)(F)F)c1. The molecule has 0 radical (unpaired) electrons. The van der Waals surface area contributed by atoms with Crippen molar-refractivity contribution in [2.45, 2.75) is 57.3 Å². The van der Waals surface area contributed by atoms with Crippen molar-refractivity contribution in [1.82, 2.24) is 5.32 Å². The van der Waals surface area contributed by atoms with Crippen molar-refractivity contribution in [3.8, 4) is 5.75 Å². The summed E-state index contributed by atoms with van der Waals surface area (Å²) in [5.74, 6) is 0.266. The molecule has 5 heteroatoms. The van der Waals surface area contributed by atoms with Gasteiger partial charge in [0.1, 0.15) is 11.9 Å². The molecule has 1 aromatic rings. The molecule has 1 unspecified atom stereocenters. The van der Waals surface area contributed by atoms with Crippen molar-refractivity contribution >= 4 is 0 Å². The van der Waals surface area contributed by atoms with E-state index in [9.17, 15) is 13.2 Å². The third kappa shape index (κ3) is 5.23. The minimum Gasteiger partial charge on any atom is -0.489 e. The van der Waals surface area contributed by atoms with Gasteiger partial charge < -0.3 is 10.1 Å². The zero-order chi connectivity index (χ0) is 15.3. The Hall–Kier alpha value is -1.23. The lowest BCUT2D eigenvalue weighted by Gasteiger charge is -2.25. The number of rotatable bonds is 5. The van der Waals surface area contributed by atoms with Gasteiger partial charge in [-0.15, -0.1) is 0 Å². The Kier molecular flexibility index (Phi) is 5.51. The summed E-state index contributed by atoms with van der Waals surface area (Å²) in [7, 11) is 0. The molecule has 1 atom stereocenters. The second kappa shape index (κ2) is 7.16. The summed E-state index contributed by atoms with van der Waals surface area (Å²) in [6.45, 7) is 2.52. The largest absolute Gasteiger partial charge is 0.489 e. The molecule has 0 bridgehead atoms. The molecule has 0 spiro atoms. The molecule has 1 aliphatic rings. The molecule has 0 aliphatic heterocycles. The summed E-state index contributed by atoms with van der Waals surface area (Å²) in [6, 6.07) is 5.56. The second-order valence-corrected chi connectivity index (χ2v) is 5.70. The van der Waals surface area contributed by atoms with Crippen LogP contribution in [-0.4, -0.2) is 18.7 Å². The van der Waals surface area contributed by atoms with Gasteiger partial charge in [-0.05, 0) is 38.0 Å². The zero-order valence-corrected chi connectivity index (χ0v) is 12.2. The lowest BCUT2D eigenvalue weighted by Crippen LogP contribution is -2.37. The van der Waals surface area contributed by atoms with Crippen LogP contribution in [0, 0.1) is 0 Å². The first kappa shape index (κ1) is 16.1. The summed E-state index contributed by atoms with van der Waals surface area (Å²) in [6.07, 6.45) is 1.67. The summed E-state index contributed by atoms with van der Waals surface area (Å²) in [4.78, 5) is 0. The van der Waals surface area contributed by atoms with E-state index in [0.717, 1.165) is 12.1 Å². The molecular weight excluding hydrogens is 279 g/mol. The summed E-state index contributed by atoms with van der Waals surface area (Å²) < 4.78 is 43.5. The third-order valence-corrected chi connectivity index (χ3v) is 3.80. The standard InChI is InChI=1S/C16H22F3NO/c1-12(11-20-14-7-3-2-4-8-14)21-15-9-5-6-13(10-15)16(17,18)19/h5-6,9-10,12,14,20H,2-4,7-8,11H2,1H3. The molecule has 1 N–H and O–H groups in total. The second-order valence-electron chi connectivity index (χ2n) is 5.70. The van der Waals surface area contributed by atoms with Gasteiger partial charge in [-0.1, -0.05) is 25.3 Å². The number of hydrogen-bond acceptors (Lipinski definition) is 2. The molecule has 1 aliphatic carbocycles. The van der Waals surface area contributed by atoms with Gasteiger partial charge in [-0.25, -0.2) is 0 Å². The van der Waals surface area contributed by atoms with Gasteiger partial charge in [0.2, 0.25) is 0 Å². The third-order valence-electron chi connectivity index (χ3n) is 3.80. The Morgan fingerprint density at radius 3 is 2.62 bits per heavy atom. The van der Waals surface area contributed by atoms with Crippen LogP contribution in [0.2, 0.25) is 0 Å². The van der Waals surface area contributed by atoms with E-state index < -0.39 is 11.7 Å². The van der Waals surface area contributed by atoms with Gasteiger partial charge in [0.05, 0.1) is 5.56 Å². The molecule has 0 amide bonds. The fraction of sp³-hybridized carbons (Fsp3) is 0.625. The van der Waals surface area contributed by atoms with Crippen LogP contribution >= 0.6 is 0 Å². The molecule has 0 saturated heterocycles. The maximum absolute atomic E-state index is 12.6. The quantitative estimate of drug-likeness (QED) is 0.870. The average molecular weight is 301 g/mol. The lowest BCUT2D eigenvalue weighted by atomic mass is 9.95. The number of nitrogens with one attached hydrogen (secondary N) is 1. The normalized spacial score (nSPS) is 18.5. The highest BCUT2D eigenvalue weighted by Gasteiger charge is 2.30. The lowest BCUT2D eigenvalue weighted by molar-refractivity contribution is -0.137. The Labute approximate surface area is 123 Å². The highest BCUT2D eigenvalue weighted by atomic mass is 19.4. The van der Waals surface area contributed by atoms with E-state index in [1.807, 2.05) is 6.92 Å². The van der Waals surface area contributed by atoms with Crippen LogP contribution in [-0.2, 0) is 6.18 Å². The van der Waals surface area contributed by atoms with Gasteiger partial charge in [0, 0.05) is 12.6 Å². The van der Waals surface area contributed by atoms with Crippen LogP contribution in [0.1, 0.15) is 44.6 Å². The van der Waals surface area contributed by atoms with Gasteiger partial charge in [-0.2, -0.15) is 13.2 Å². The van der Waals surface area contributed by atoms with Crippen LogP contribution in [0.5, 0.6) is 5.75 Å². The van der Waals surface area contributed by atoms with Crippen molar-refractivity contribution in [2.75, 3.05) is 6.54 Å². The van der Waals surface area contributed by atoms with Crippen LogP contribution in [0.25, 0.3) is 0 Å². The highest BCUT2D eigenvalue weighted by Crippen LogP contribution is 2.31. The fourth-order valence-electron chi connectivity index (χ4n) is 2.66. The van der Waals surface area contributed by atoms with Crippen molar-refractivity contribution < 1.29 is 17.9 Å².